The topological polar surface area (TPSA) is 89.9 Å². The maximum absolute atomic E-state index is 12.8. The van der Waals surface area contributed by atoms with Gasteiger partial charge in [0.1, 0.15) is 11.5 Å². The fraction of sp³-hybridized carbons (Fsp3) is 0.368. The maximum Gasteiger partial charge on any atom is 0.519 e. The second-order valence-electron chi connectivity index (χ2n) is 6.55. The molecule has 3 rings (SSSR count). The number of hydrogen-bond acceptors (Lipinski definition) is 6. The summed E-state index contributed by atoms with van der Waals surface area (Å²) < 4.78 is 16.6. The number of methoxy groups -OCH3 is 1. The van der Waals surface area contributed by atoms with E-state index in [4.69, 9.17) is 13.6 Å². The number of amides is 1. The fourth-order valence-corrected chi connectivity index (χ4v) is 2.89. The van der Waals surface area contributed by atoms with Crippen LogP contribution in [0.15, 0.2) is 38.0 Å². The summed E-state index contributed by atoms with van der Waals surface area (Å²) in [6, 6.07) is 5.35. The molecule has 1 aromatic carbocycles. The van der Waals surface area contributed by atoms with Crippen molar-refractivity contribution >= 4 is 16.9 Å². The van der Waals surface area contributed by atoms with Crippen LogP contribution in [-0.4, -0.2) is 43.2 Å². The van der Waals surface area contributed by atoms with Gasteiger partial charge in [0, 0.05) is 24.2 Å². The van der Waals surface area contributed by atoms with Crippen molar-refractivity contribution in [2.45, 2.75) is 19.9 Å². The average molecular weight is 373 g/mol. The lowest BCUT2D eigenvalue weighted by Crippen LogP contribution is -2.27. The van der Waals surface area contributed by atoms with Gasteiger partial charge in [0.25, 0.3) is 0 Å². The molecule has 0 unspecified atom stereocenters. The summed E-state index contributed by atoms with van der Waals surface area (Å²) in [4.78, 5) is 26.0. The number of rotatable bonds is 6. The first-order chi connectivity index (χ1) is 12.9. The van der Waals surface area contributed by atoms with Gasteiger partial charge in [-0.05, 0) is 45.1 Å². The summed E-state index contributed by atoms with van der Waals surface area (Å²) in [7, 11) is 5.61. The number of likely N-dealkylation sites (N-methyl/N-ethyl adjacent to an activating group) is 1. The Morgan fingerprint density at radius 3 is 2.70 bits per heavy atom. The van der Waals surface area contributed by atoms with Gasteiger partial charge in [-0.15, -0.1) is 0 Å². The molecule has 27 heavy (non-hydrogen) atoms. The molecule has 1 N–H and O–H groups in total. The van der Waals surface area contributed by atoms with E-state index in [1.54, 1.807) is 18.6 Å². The van der Waals surface area contributed by atoms with Crippen LogP contribution in [0.1, 0.15) is 17.1 Å². The van der Waals surface area contributed by atoms with Crippen LogP contribution in [0.5, 0.6) is 5.75 Å². The number of hydrogen-bond donors (Lipinski definition) is 1. The quantitative estimate of drug-likeness (QED) is 0.713. The van der Waals surface area contributed by atoms with Crippen LogP contribution in [0.2, 0.25) is 0 Å². The van der Waals surface area contributed by atoms with Gasteiger partial charge in [-0.2, -0.15) is 0 Å². The van der Waals surface area contributed by atoms with Gasteiger partial charge in [-0.1, -0.05) is 0 Å². The Morgan fingerprint density at radius 1 is 1.30 bits per heavy atom. The molecule has 1 amide bonds. The first kappa shape index (κ1) is 18.8. The lowest BCUT2D eigenvalue weighted by molar-refractivity contribution is 0.241. The lowest BCUT2D eigenvalue weighted by Gasteiger charge is -2.08. The molecule has 2 heterocycles. The standard InChI is InChI=1S/C19H23N3O5/c1-12-17(27-19(24)26-12)10-20-18(23)22-11-13(7-8-21(2)3)15-6-5-14(25-4)9-16(15)22/h5-6,9,11H,7-8,10H2,1-4H3,(H,20,23). The van der Waals surface area contributed by atoms with E-state index in [2.05, 4.69) is 10.2 Å². The van der Waals surface area contributed by atoms with Gasteiger partial charge in [-0.3, -0.25) is 4.57 Å². The van der Waals surface area contributed by atoms with Crippen LogP contribution in [0.3, 0.4) is 0 Å². The summed E-state index contributed by atoms with van der Waals surface area (Å²) in [5, 5.41) is 3.76. The monoisotopic (exact) mass is 373 g/mol. The summed E-state index contributed by atoms with van der Waals surface area (Å²) in [5.74, 6) is 0.547. The molecule has 0 bridgehead atoms. The molecule has 0 spiro atoms. The zero-order valence-corrected chi connectivity index (χ0v) is 15.9. The molecular weight excluding hydrogens is 350 g/mol. The minimum atomic E-state index is -0.779. The number of aryl methyl sites for hydroxylation is 1. The minimum Gasteiger partial charge on any atom is -0.497 e. The molecule has 0 radical (unpaired) electrons. The van der Waals surface area contributed by atoms with Crippen LogP contribution in [-0.2, 0) is 13.0 Å². The van der Waals surface area contributed by atoms with Gasteiger partial charge in [-0.25, -0.2) is 9.59 Å². The highest BCUT2D eigenvalue weighted by atomic mass is 16.6. The third-order valence-corrected chi connectivity index (χ3v) is 4.38. The molecule has 0 aliphatic rings. The van der Waals surface area contributed by atoms with E-state index in [-0.39, 0.29) is 12.6 Å². The number of fused-ring (bicyclic) bond motifs is 1. The lowest BCUT2D eigenvalue weighted by atomic mass is 10.1. The van der Waals surface area contributed by atoms with Gasteiger partial charge in [0.2, 0.25) is 0 Å². The van der Waals surface area contributed by atoms with E-state index in [1.165, 1.54) is 0 Å². The normalized spacial score (nSPS) is 11.3. The Bertz CT molecular complexity index is 1010. The third kappa shape index (κ3) is 4.06. The Morgan fingerprint density at radius 2 is 2.07 bits per heavy atom. The molecular formula is C19H23N3O5. The Balaban J connectivity index is 1.90. The molecule has 0 atom stereocenters. The number of carbonyl (C=O) groups excluding carboxylic acids is 1. The molecule has 8 nitrogen and oxygen atoms in total. The van der Waals surface area contributed by atoms with Crippen LogP contribution in [0.25, 0.3) is 10.9 Å². The molecule has 8 heteroatoms. The van der Waals surface area contributed by atoms with Crippen molar-refractivity contribution in [2.24, 2.45) is 0 Å². The van der Waals surface area contributed by atoms with Gasteiger partial charge in [0.05, 0.1) is 19.2 Å². The molecule has 0 saturated carbocycles. The first-order valence-electron chi connectivity index (χ1n) is 8.59. The molecule has 0 aliphatic heterocycles. The Labute approximate surface area is 156 Å². The van der Waals surface area contributed by atoms with Crippen molar-refractivity contribution in [3.05, 3.63) is 52.1 Å². The van der Waals surface area contributed by atoms with Crippen LogP contribution < -0.4 is 15.9 Å². The van der Waals surface area contributed by atoms with E-state index < -0.39 is 5.82 Å². The Kier molecular flexibility index (Phi) is 5.36. The summed E-state index contributed by atoms with van der Waals surface area (Å²) in [6.45, 7) is 2.54. The smallest absolute Gasteiger partial charge is 0.497 e. The van der Waals surface area contributed by atoms with E-state index in [0.717, 1.165) is 29.4 Å². The van der Waals surface area contributed by atoms with E-state index in [1.807, 2.05) is 38.5 Å². The molecule has 0 aliphatic carbocycles. The van der Waals surface area contributed by atoms with E-state index in [0.29, 0.717) is 17.3 Å². The second kappa shape index (κ2) is 7.71. The van der Waals surface area contributed by atoms with Crippen molar-refractivity contribution in [3.63, 3.8) is 0 Å². The van der Waals surface area contributed by atoms with Gasteiger partial charge in [0.15, 0.2) is 5.76 Å². The van der Waals surface area contributed by atoms with Crippen molar-refractivity contribution < 1.29 is 18.4 Å². The van der Waals surface area contributed by atoms with E-state index in [9.17, 15) is 9.59 Å². The highest BCUT2D eigenvalue weighted by Gasteiger charge is 2.16. The average Bonchev–Trinajstić information content (AvgIpc) is 3.16. The maximum atomic E-state index is 12.8. The van der Waals surface area contributed by atoms with Crippen molar-refractivity contribution in [1.29, 1.82) is 0 Å². The minimum absolute atomic E-state index is 0.0626. The zero-order valence-electron chi connectivity index (χ0n) is 15.9. The molecule has 0 saturated heterocycles. The van der Waals surface area contributed by atoms with Gasteiger partial charge < -0.3 is 23.8 Å². The van der Waals surface area contributed by atoms with Gasteiger partial charge >= 0.3 is 11.9 Å². The first-order valence-corrected chi connectivity index (χ1v) is 8.59. The number of aromatic nitrogens is 1. The van der Waals surface area contributed by atoms with Crippen LogP contribution >= 0.6 is 0 Å². The molecule has 3 aromatic rings. The van der Waals surface area contributed by atoms with Crippen molar-refractivity contribution in [1.82, 2.24) is 14.8 Å². The highest BCUT2D eigenvalue weighted by molar-refractivity contribution is 5.94. The predicted molar refractivity (Wildman–Crippen MR) is 100 cm³/mol. The summed E-state index contributed by atoms with van der Waals surface area (Å²) in [5.41, 5.74) is 1.83. The third-order valence-electron chi connectivity index (χ3n) is 4.38. The van der Waals surface area contributed by atoms with Crippen molar-refractivity contribution in [3.8, 4) is 5.75 Å². The number of ether oxygens (including phenoxy) is 1. The largest absolute Gasteiger partial charge is 0.519 e. The highest BCUT2D eigenvalue weighted by Crippen LogP contribution is 2.26. The number of carbonyl (C=O) groups is 1. The number of nitrogens with zero attached hydrogens (tertiary/aromatic N) is 2. The zero-order chi connectivity index (χ0) is 19.6. The predicted octanol–water partition coefficient (Wildman–Crippen LogP) is 2.37. The van der Waals surface area contributed by atoms with Crippen LogP contribution in [0.4, 0.5) is 4.79 Å². The fourth-order valence-electron chi connectivity index (χ4n) is 2.89. The number of benzene rings is 1. The molecule has 2 aromatic heterocycles. The van der Waals surface area contributed by atoms with E-state index >= 15 is 0 Å². The summed E-state index contributed by atoms with van der Waals surface area (Å²) >= 11 is 0. The van der Waals surface area contributed by atoms with Crippen molar-refractivity contribution in [2.75, 3.05) is 27.7 Å². The Hall–Kier alpha value is -3.00. The number of nitrogens with one attached hydrogen (secondary N) is 1. The second-order valence-corrected chi connectivity index (χ2v) is 6.55. The summed E-state index contributed by atoms with van der Waals surface area (Å²) in [6.07, 6.45) is 2.65. The molecule has 0 fully saturated rings. The molecule has 144 valence electrons. The SMILES string of the molecule is COc1ccc2c(CCN(C)C)cn(C(=O)NCc3oc(=O)oc3C)c2c1. The van der Waals surface area contributed by atoms with Crippen LogP contribution in [0, 0.1) is 6.92 Å².